The van der Waals surface area contributed by atoms with Crippen LogP contribution in [0, 0.1) is 6.92 Å². The minimum atomic E-state index is -3.38. The van der Waals surface area contributed by atoms with Gasteiger partial charge in [0.05, 0.1) is 12.4 Å². The highest BCUT2D eigenvalue weighted by Crippen LogP contribution is 2.13. The number of benzene rings is 1. The maximum Gasteiger partial charge on any atom is 0.221 e. The van der Waals surface area contributed by atoms with E-state index < -0.39 is 10.0 Å². The zero-order valence-corrected chi connectivity index (χ0v) is 15.1. The average Bonchev–Trinajstić information content (AvgIpc) is 3.03. The number of amides is 1. The number of hydrogen-bond donors (Lipinski definition) is 1. The fraction of sp³-hybridized carbons (Fsp3) is 0.588. The molecule has 0 aliphatic carbocycles. The number of nitrogens with one attached hydrogen (secondary N) is 1. The van der Waals surface area contributed by atoms with Gasteiger partial charge in [-0.25, -0.2) is 8.42 Å². The largest absolute Gasteiger partial charge is 0.376 e. The van der Waals surface area contributed by atoms with E-state index in [9.17, 15) is 13.2 Å². The summed E-state index contributed by atoms with van der Waals surface area (Å²) in [6.45, 7) is 3.65. The van der Waals surface area contributed by atoms with Crippen molar-refractivity contribution >= 4 is 15.9 Å². The molecule has 1 aromatic rings. The number of nitrogens with zero attached hydrogens (tertiary/aromatic N) is 1. The second kappa shape index (κ2) is 8.60. The summed E-state index contributed by atoms with van der Waals surface area (Å²) in [5.74, 6) is -0.149. The first-order valence-corrected chi connectivity index (χ1v) is 10.1. The Kier molecular flexibility index (Phi) is 6.77. The Balaban J connectivity index is 1.87. The number of sulfonamides is 1. The van der Waals surface area contributed by atoms with Gasteiger partial charge in [-0.15, -0.1) is 0 Å². The Labute approximate surface area is 144 Å². The van der Waals surface area contributed by atoms with Crippen LogP contribution in [0.25, 0.3) is 0 Å². The third kappa shape index (κ3) is 5.89. The SMILES string of the molecule is Cc1ccccc1CN(CCC(=O)NCC1CCCO1)S(C)(=O)=O. The first-order valence-electron chi connectivity index (χ1n) is 8.24. The van der Waals surface area contributed by atoms with Crippen molar-refractivity contribution in [3.8, 4) is 0 Å². The van der Waals surface area contributed by atoms with E-state index in [1.165, 1.54) is 10.6 Å². The van der Waals surface area contributed by atoms with E-state index in [4.69, 9.17) is 4.74 Å². The topological polar surface area (TPSA) is 75.7 Å². The van der Waals surface area contributed by atoms with Crippen molar-refractivity contribution in [2.24, 2.45) is 0 Å². The molecule has 2 rings (SSSR count). The molecule has 1 amide bonds. The molecule has 134 valence electrons. The molecule has 0 spiro atoms. The molecule has 7 heteroatoms. The van der Waals surface area contributed by atoms with E-state index in [0.717, 1.165) is 30.6 Å². The summed E-state index contributed by atoms with van der Waals surface area (Å²) in [4.78, 5) is 12.0. The number of carbonyl (C=O) groups excluding carboxylic acids is 1. The first kappa shape index (κ1) is 18.9. The summed E-state index contributed by atoms with van der Waals surface area (Å²) in [5, 5.41) is 2.82. The Bertz CT molecular complexity index is 654. The molecule has 1 heterocycles. The maximum absolute atomic E-state index is 12.0. The summed E-state index contributed by atoms with van der Waals surface area (Å²) in [7, 11) is -3.38. The lowest BCUT2D eigenvalue weighted by atomic mass is 10.1. The van der Waals surface area contributed by atoms with Gasteiger partial charge in [0.1, 0.15) is 0 Å². The fourth-order valence-electron chi connectivity index (χ4n) is 2.69. The average molecular weight is 354 g/mol. The Morgan fingerprint density at radius 1 is 1.38 bits per heavy atom. The van der Waals surface area contributed by atoms with Gasteiger partial charge in [0.15, 0.2) is 0 Å². The van der Waals surface area contributed by atoms with Gasteiger partial charge in [-0.1, -0.05) is 24.3 Å². The van der Waals surface area contributed by atoms with E-state index in [0.29, 0.717) is 6.54 Å². The molecule has 1 aliphatic rings. The number of hydrogen-bond acceptors (Lipinski definition) is 4. The Morgan fingerprint density at radius 2 is 2.12 bits per heavy atom. The van der Waals surface area contributed by atoms with Crippen LogP contribution in [0.3, 0.4) is 0 Å². The fourth-order valence-corrected chi connectivity index (χ4v) is 3.48. The summed E-state index contributed by atoms with van der Waals surface area (Å²) in [5.41, 5.74) is 1.98. The molecule has 0 aromatic heterocycles. The van der Waals surface area contributed by atoms with Crippen molar-refractivity contribution < 1.29 is 17.9 Å². The molecule has 1 aromatic carbocycles. The molecule has 1 atom stereocenters. The summed E-state index contributed by atoms with van der Waals surface area (Å²) in [6.07, 6.45) is 3.40. The lowest BCUT2D eigenvalue weighted by Gasteiger charge is -2.21. The number of carbonyl (C=O) groups is 1. The molecular weight excluding hydrogens is 328 g/mol. The second-order valence-electron chi connectivity index (χ2n) is 6.21. The molecule has 1 saturated heterocycles. The van der Waals surface area contributed by atoms with Gasteiger partial charge >= 0.3 is 0 Å². The zero-order chi connectivity index (χ0) is 17.6. The van der Waals surface area contributed by atoms with Crippen LogP contribution in [0.2, 0.25) is 0 Å². The highest BCUT2D eigenvalue weighted by Gasteiger charge is 2.20. The number of rotatable bonds is 8. The highest BCUT2D eigenvalue weighted by atomic mass is 32.2. The van der Waals surface area contributed by atoms with Crippen molar-refractivity contribution in [1.29, 1.82) is 0 Å². The van der Waals surface area contributed by atoms with Crippen LogP contribution >= 0.6 is 0 Å². The molecule has 0 radical (unpaired) electrons. The van der Waals surface area contributed by atoms with Gasteiger partial charge in [0, 0.05) is 32.7 Å². The maximum atomic E-state index is 12.0. The molecule has 24 heavy (non-hydrogen) atoms. The van der Waals surface area contributed by atoms with E-state index >= 15 is 0 Å². The van der Waals surface area contributed by atoms with E-state index in [1.807, 2.05) is 31.2 Å². The van der Waals surface area contributed by atoms with E-state index in [1.54, 1.807) is 0 Å². The molecule has 1 aliphatic heterocycles. The lowest BCUT2D eigenvalue weighted by Crippen LogP contribution is -2.36. The quantitative estimate of drug-likeness (QED) is 0.766. The van der Waals surface area contributed by atoms with Gasteiger partial charge in [-0.3, -0.25) is 4.79 Å². The Hall–Kier alpha value is -1.44. The second-order valence-corrected chi connectivity index (χ2v) is 8.19. The van der Waals surface area contributed by atoms with Gasteiger partial charge in [-0.2, -0.15) is 4.31 Å². The van der Waals surface area contributed by atoms with Crippen molar-refractivity contribution in [3.05, 3.63) is 35.4 Å². The predicted octanol–water partition coefficient (Wildman–Crippen LogP) is 1.44. The zero-order valence-electron chi connectivity index (χ0n) is 14.3. The first-order chi connectivity index (χ1) is 11.4. The number of ether oxygens (including phenoxy) is 1. The van der Waals surface area contributed by atoms with Crippen LogP contribution in [-0.2, 0) is 26.1 Å². The summed E-state index contributed by atoms with van der Waals surface area (Å²) < 4.78 is 30.8. The van der Waals surface area contributed by atoms with Crippen molar-refractivity contribution in [2.45, 2.75) is 38.8 Å². The van der Waals surface area contributed by atoms with Gasteiger partial charge < -0.3 is 10.1 Å². The standard InChI is InChI=1S/C17H26N2O4S/c1-14-6-3-4-7-15(14)13-19(24(2,21)22)10-9-17(20)18-12-16-8-5-11-23-16/h3-4,6-7,16H,5,8-13H2,1-2H3,(H,18,20). The third-order valence-corrected chi connectivity index (χ3v) is 5.47. The van der Waals surface area contributed by atoms with E-state index in [2.05, 4.69) is 5.32 Å². The van der Waals surface area contributed by atoms with Crippen LogP contribution in [0.5, 0.6) is 0 Å². The van der Waals surface area contributed by atoms with Crippen LogP contribution < -0.4 is 5.32 Å². The number of aryl methyl sites for hydroxylation is 1. The van der Waals surface area contributed by atoms with Gasteiger partial charge in [-0.05, 0) is 30.9 Å². The summed E-state index contributed by atoms with van der Waals surface area (Å²) >= 11 is 0. The Morgan fingerprint density at radius 3 is 2.75 bits per heavy atom. The summed E-state index contributed by atoms with van der Waals surface area (Å²) in [6, 6.07) is 7.66. The minimum Gasteiger partial charge on any atom is -0.376 e. The molecular formula is C17H26N2O4S. The predicted molar refractivity (Wildman–Crippen MR) is 93.0 cm³/mol. The molecule has 1 fully saturated rings. The van der Waals surface area contributed by atoms with Gasteiger partial charge in [0.2, 0.25) is 15.9 Å². The van der Waals surface area contributed by atoms with Gasteiger partial charge in [0.25, 0.3) is 0 Å². The monoisotopic (exact) mass is 354 g/mol. The third-order valence-electron chi connectivity index (χ3n) is 4.22. The van der Waals surface area contributed by atoms with Crippen LogP contribution in [0.4, 0.5) is 0 Å². The lowest BCUT2D eigenvalue weighted by molar-refractivity contribution is -0.121. The smallest absolute Gasteiger partial charge is 0.221 e. The van der Waals surface area contributed by atoms with E-state index in [-0.39, 0.29) is 31.5 Å². The highest BCUT2D eigenvalue weighted by molar-refractivity contribution is 7.88. The molecule has 1 N–H and O–H groups in total. The molecule has 0 saturated carbocycles. The normalized spacial score (nSPS) is 18.0. The van der Waals surface area contributed by atoms with Crippen LogP contribution in [0.1, 0.15) is 30.4 Å². The molecule has 1 unspecified atom stereocenters. The molecule has 0 bridgehead atoms. The van der Waals surface area contributed by atoms with Crippen molar-refractivity contribution in [3.63, 3.8) is 0 Å². The minimum absolute atomic E-state index is 0.0897. The van der Waals surface area contributed by atoms with Crippen molar-refractivity contribution in [2.75, 3.05) is 26.0 Å². The van der Waals surface area contributed by atoms with Crippen LogP contribution in [0.15, 0.2) is 24.3 Å². The molecule has 6 nitrogen and oxygen atoms in total. The van der Waals surface area contributed by atoms with Crippen molar-refractivity contribution in [1.82, 2.24) is 9.62 Å². The van der Waals surface area contributed by atoms with Crippen LogP contribution in [-0.4, -0.2) is 50.7 Å².